The summed E-state index contributed by atoms with van der Waals surface area (Å²) in [5.41, 5.74) is 1.92. The molecule has 1 aromatic heterocycles. The number of hydrogen-bond donors (Lipinski definition) is 0. The van der Waals surface area contributed by atoms with Crippen LogP contribution in [0.3, 0.4) is 0 Å². The van der Waals surface area contributed by atoms with E-state index in [0.29, 0.717) is 24.4 Å². The predicted octanol–water partition coefficient (Wildman–Crippen LogP) is 4.16. The maximum atomic E-state index is 12.8. The summed E-state index contributed by atoms with van der Waals surface area (Å²) in [6.45, 7) is 5.50. The molecule has 2 nitrogen and oxygen atoms in total. The number of fused-ring (bicyclic) bond motifs is 1. The summed E-state index contributed by atoms with van der Waals surface area (Å²) in [4.78, 5) is 6.14. The zero-order valence-electron chi connectivity index (χ0n) is 11.9. The van der Waals surface area contributed by atoms with E-state index in [1.807, 2.05) is 0 Å². The van der Waals surface area contributed by atoms with Gasteiger partial charge in [-0.1, -0.05) is 19.4 Å². The number of pyridine rings is 1. The lowest BCUT2D eigenvalue weighted by atomic mass is 9.98. The van der Waals surface area contributed by atoms with Crippen LogP contribution in [0.4, 0.5) is 13.2 Å². The van der Waals surface area contributed by atoms with Crippen molar-refractivity contribution in [3.05, 3.63) is 41.4 Å². The molecule has 0 bridgehead atoms. The summed E-state index contributed by atoms with van der Waals surface area (Å²) < 4.78 is 38.4. The first kappa shape index (κ1) is 14.4. The molecule has 0 N–H and O–H groups in total. The van der Waals surface area contributed by atoms with Gasteiger partial charge in [0.1, 0.15) is 0 Å². The summed E-state index contributed by atoms with van der Waals surface area (Å²) >= 11 is 0. The van der Waals surface area contributed by atoms with Crippen LogP contribution in [0.2, 0.25) is 0 Å². The Balaban J connectivity index is 1.79. The van der Waals surface area contributed by atoms with Crippen LogP contribution in [0.1, 0.15) is 42.5 Å². The monoisotopic (exact) mass is 296 g/mol. The third-order valence-corrected chi connectivity index (χ3v) is 4.60. The van der Waals surface area contributed by atoms with Gasteiger partial charge in [-0.25, -0.2) is 0 Å². The van der Waals surface area contributed by atoms with Gasteiger partial charge in [-0.05, 0) is 30.4 Å². The maximum Gasteiger partial charge on any atom is 0.417 e. The fourth-order valence-corrected chi connectivity index (χ4v) is 3.34. The van der Waals surface area contributed by atoms with Crippen LogP contribution in [0.15, 0.2) is 24.5 Å². The largest absolute Gasteiger partial charge is 0.417 e. The highest BCUT2D eigenvalue weighted by Crippen LogP contribution is 2.35. The number of alkyl halides is 3. The van der Waals surface area contributed by atoms with Gasteiger partial charge in [0, 0.05) is 37.1 Å². The molecule has 1 aliphatic heterocycles. The highest BCUT2D eigenvalue weighted by atomic mass is 19.4. The molecule has 0 aromatic carbocycles. The van der Waals surface area contributed by atoms with Crippen LogP contribution in [0.5, 0.6) is 0 Å². The molecule has 0 atom stereocenters. The topological polar surface area (TPSA) is 16.1 Å². The molecule has 0 radical (unpaired) electrons. The quantitative estimate of drug-likeness (QED) is 0.814. The van der Waals surface area contributed by atoms with E-state index < -0.39 is 11.7 Å². The van der Waals surface area contributed by atoms with Gasteiger partial charge >= 0.3 is 6.18 Å². The third kappa shape index (κ3) is 2.92. The summed E-state index contributed by atoms with van der Waals surface area (Å²) in [5.74, 6) is 0.505. The van der Waals surface area contributed by atoms with E-state index in [1.54, 1.807) is 0 Å². The van der Waals surface area contributed by atoms with E-state index in [1.165, 1.54) is 18.9 Å². The third-order valence-electron chi connectivity index (χ3n) is 4.60. The van der Waals surface area contributed by atoms with E-state index in [-0.39, 0.29) is 0 Å². The van der Waals surface area contributed by atoms with Gasteiger partial charge in [0.05, 0.1) is 5.56 Å². The lowest BCUT2D eigenvalue weighted by Gasteiger charge is -2.34. The summed E-state index contributed by atoms with van der Waals surface area (Å²) in [7, 11) is 0. The molecule has 1 aromatic rings. The molecule has 1 saturated carbocycles. The smallest absolute Gasteiger partial charge is 0.370 e. The van der Waals surface area contributed by atoms with Crippen LogP contribution < -0.4 is 0 Å². The van der Waals surface area contributed by atoms with Gasteiger partial charge in [-0.15, -0.1) is 0 Å². The van der Waals surface area contributed by atoms with Crippen LogP contribution in [-0.4, -0.2) is 16.4 Å². The first-order chi connectivity index (χ1) is 9.95. The Hall–Kier alpha value is -1.52. The Bertz CT molecular complexity index is 545. The molecule has 1 aliphatic carbocycles. The van der Waals surface area contributed by atoms with E-state index in [0.717, 1.165) is 37.0 Å². The molecule has 21 heavy (non-hydrogen) atoms. The van der Waals surface area contributed by atoms with Gasteiger partial charge in [0.25, 0.3) is 0 Å². The van der Waals surface area contributed by atoms with Gasteiger partial charge in [-0.3, -0.25) is 4.98 Å². The molecule has 0 amide bonds. The first-order valence-corrected chi connectivity index (χ1v) is 7.44. The average Bonchev–Trinajstić information content (AvgIpc) is 2.98. The highest BCUT2D eigenvalue weighted by molar-refractivity contribution is 5.30. The van der Waals surface area contributed by atoms with Crippen molar-refractivity contribution in [1.29, 1.82) is 0 Å². The van der Waals surface area contributed by atoms with Crippen molar-refractivity contribution in [2.45, 2.75) is 44.8 Å². The number of allylic oxidation sites excluding steroid dienone is 1. The molecule has 0 saturated heterocycles. The second-order valence-corrected chi connectivity index (χ2v) is 5.97. The summed E-state index contributed by atoms with van der Waals surface area (Å²) in [6.07, 6.45) is 2.08. The molecular weight excluding hydrogens is 277 g/mol. The SMILES string of the molecule is C=C(C1CCCC1)N1CCc2ncc(C(F)(F)F)cc2C1. The predicted molar refractivity (Wildman–Crippen MR) is 74.5 cm³/mol. The van der Waals surface area contributed by atoms with Crippen molar-refractivity contribution >= 4 is 0 Å². The second kappa shape index (κ2) is 5.35. The minimum absolute atomic E-state index is 0.502. The average molecular weight is 296 g/mol. The Labute approximate surface area is 122 Å². The molecule has 1 fully saturated rings. The van der Waals surface area contributed by atoms with E-state index in [9.17, 15) is 13.2 Å². The van der Waals surface area contributed by atoms with Gasteiger partial charge in [0.2, 0.25) is 0 Å². The van der Waals surface area contributed by atoms with E-state index >= 15 is 0 Å². The van der Waals surface area contributed by atoms with Crippen molar-refractivity contribution in [2.24, 2.45) is 5.92 Å². The lowest BCUT2D eigenvalue weighted by molar-refractivity contribution is -0.137. The number of halogens is 3. The normalized spacial score (nSPS) is 19.7. The zero-order valence-corrected chi connectivity index (χ0v) is 11.9. The summed E-state index contributed by atoms with van der Waals surface area (Å²) in [6, 6.07) is 1.25. The molecular formula is C16H19F3N2. The van der Waals surface area contributed by atoms with E-state index in [4.69, 9.17) is 0 Å². The molecule has 114 valence electrons. The van der Waals surface area contributed by atoms with Gasteiger partial charge in [-0.2, -0.15) is 13.2 Å². The minimum Gasteiger partial charge on any atom is -0.370 e. The minimum atomic E-state index is -4.33. The van der Waals surface area contributed by atoms with Crippen LogP contribution in [0.25, 0.3) is 0 Å². The molecule has 0 spiro atoms. The van der Waals surface area contributed by atoms with Crippen molar-refractivity contribution in [3.63, 3.8) is 0 Å². The van der Waals surface area contributed by atoms with Crippen LogP contribution in [0, 0.1) is 5.92 Å². The standard InChI is InChI=1S/C16H19F3N2/c1-11(12-4-2-3-5-12)21-7-6-15-13(10-21)8-14(9-20-15)16(17,18)19/h8-9,12H,1-7,10H2. The van der Waals surface area contributed by atoms with Crippen LogP contribution >= 0.6 is 0 Å². The molecule has 5 heteroatoms. The number of rotatable bonds is 2. The van der Waals surface area contributed by atoms with Crippen LogP contribution in [-0.2, 0) is 19.1 Å². The number of hydrogen-bond acceptors (Lipinski definition) is 2. The summed E-state index contributed by atoms with van der Waals surface area (Å²) in [5, 5.41) is 0. The molecule has 3 rings (SSSR count). The molecule has 0 unspecified atom stereocenters. The zero-order chi connectivity index (χ0) is 15.0. The molecule has 2 aliphatic rings. The van der Waals surface area contributed by atoms with Crippen molar-refractivity contribution in [3.8, 4) is 0 Å². The Kier molecular flexibility index (Phi) is 3.68. The lowest BCUT2D eigenvalue weighted by Crippen LogP contribution is -2.32. The maximum absolute atomic E-state index is 12.8. The first-order valence-electron chi connectivity index (χ1n) is 7.44. The van der Waals surface area contributed by atoms with Gasteiger partial charge < -0.3 is 4.90 Å². The highest BCUT2D eigenvalue weighted by Gasteiger charge is 2.33. The van der Waals surface area contributed by atoms with E-state index in [2.05, 4.69) is 16.5 Å². The van der Waals surface area contributed by atoms with Crippen molar-refractivity contribution in [2.75, 3.05) is 6.54 Å². The van der Waals surface area contributed by atoms with Crippen molar-refractivity contribution in [1.82, 2.24) is 9.88 Å². The Morgan fingerprint density at radius 1 is 1.29 bits per heavy atom. The Morgan fingerprint density at radius 3 is 2.67 bits per heavy atom. The fraction of sp³-hybridized carbons (Fsp3) is 0.562. The van der Waals surface area contributed by atoms with Gasteiger partial charge in [0.15, 0.2) is 0 Å². The molecule has 2 heterocycles. The fourth-order valence-electron chi connectivity index (χ4n) is 3.34. The number of aromatic nitrogens is 1. The van der Waals surface area contributed by atoms with Crippen molar-refractivity contribution < 1.29 is 13.2 Å². The number of nitrogens with zero attached hydrogens (tertiary/aromatic N) is 2. The Morgan fingerprint density at radius 2 is 2.00 bits per heavy atom. The second-order valence-electron chi connectivity index (χ2n) is 5.97.